The molecule has 2 unspecified atom stereocenters. The molecule has 4 rings (SSSR count). The normalized spacial score (nSPS) is 18.3. The third-order valence-electron chi connectivity index (χ3n) is 5.91. The van der Waals surface area contributed by atoms with Gasteiger partial charge in [0.05, 0.1) is 33.5 Å². The number of methoxy groups -OCH3 is 1. The Balaban J connectivity index is 1.82. The topological polar surface area (TPSA) is 42.3 Å². The Bertz CT molecular complexity index is 1120. The van der Waals surface area contributed by atoms with Crippen LogP contribution < -0.4 is 5.32 Å². The van der Waals surface area contributed by atoms with Gasteiger partial charge >= 0.3 is 0 Å². The molecule has 0 aliphatic carbocycles. The van der Waals surface area contributed by atoms with Gasteiger partial charge in [0.25, 0.3) is 0 Å². The molecule has 1 fully saturated rings. The van der Waals surface area contributed by atoms with Gasteiger partial charge in [-0.25, -0.2) is 0 Å². The first-order valence-electron chi connectivity index (χ1n) is 10.5. The standard InChI is InChI=1S/C24H26Cl2N4OS/c1-15-14-17(16(2)30(15)20-10-6-8-18(25)21(20)26)23-22(19-9-4-5-11-27-19)28-24(32)29(23)12-7-13-31-3/h4-6,8-11,14,22-23H,7,12-13H2,1-3H3,(H,28,32). The van der Waals surface area contributed by atoms with Crippen molar-refractivity contribution in [3.8, 4) is 5.69 Å². The molecule has 32 heavy (non-hydrogen) atoms. The fraction of sp³-hybridized carbons (Fsp3) is 0.333. The van der Waals surface area contributed by atoms with Crippen LogP contribution in [0.2, 0.25) is 10.0 Å². The van der Waals surface area contributed by atoms with Crippen LogP contribution in [0.3, 0.4) is 0 Å². The highest BCUT2D eigenvalue weighted by Gasteiger charge is 2.41. The van der Waals surface area contributed by atoms with E-state index >= 15 is 0 Å². The molecule has 1 saturated heterocycles. The minimum atomic E-state index is -0.0602. The van der Waals surface area contributed by atoms with E-state index in [0.717, 1.165) is 40.8 Å². The second-order valence-corrected chi connectivity index (χ2v) is 9.07. The third kappa shape index (κ3) is 4.25. The SMILES string of the molecule is COCCCN1C(=S)NC(c2ccccn2)C1c1cc(C)n(-c2cccc(Cl)c2Cl)c1C. The van der Waals surface area contributed by atoms with Crippen molar-refractivity contribution in [3.05, 3.63) is 81.4 Å². The average Bonchev–Trinajstić information content (AvgIpc) is 3.26. The van der Waals surface area contributed by atoms with Crippen LogP contribution in [0.1, 0.15) is 41.1 Å². The fourth-order valence-electron chi connectivity index (χ4n) is 4.49. The van der Waals surface area contributed by atoms with Crippen LogP contribution in [0.5, 0.6) is 0 Å². The van der Waals surface area contributed by atoms with E-state index in [2.05, 4.69) is 39.7 Å². The van der Waals surface area contributed by atoms with Crippen LogP contribution in [0.4, 0.5) is 0 Å². The summed E-state index contributed by atoms with van der Waals surface area (Å²) in [5, 5.41) is 5.32. The zero-order valence-corrected chi connectivity index (χ0v) is 20.6. The summed E-state index contributed by atoms with van der Waals surface area (Å²) in [4.78, 5) is 6.88. The quantitative estimate of drug-likeness (QED) is 0.335. The number of aryl methyl sites for hydroxylation is 1. The smallest absolute Gasteiger partial charge is 0.170 e. The number of benzene rings is 1. The molecule has 3 aromatic rings. The Morgan fingerprint density at radius 3 is 2.69 bits per heavy atom. The van der Waals surface area contributed by atoms with E-state index in [0.29, 0.717) is 16.7 Å². The van der Waals surface area contributed by atoms with Crippen LogP contribution in [-0.2, 0) is 4.74 Å². The van der Waals surface area contributed by atoms with Gasteiger partial charge in [0.2, 0.25) is 0 Å². The van der Waals surface area contributed by atoms with E-state index < -0.39 is 0 Å². The first-order valence-corrected chi connectivity index (χ1v) is 11.7. The molecule has 2 atom stereocenters. The molecule has 0 spiro atoms. The van der Waals surface area contributed by atoms with Crippen LogP contribution in [0.15, 0.2) is 48.7 Å². The summed E-state index contributed by atoms with van der Waals surface area (Å²) in [6.07, 6.45) is 2.70. The zero-order chi connectivity index (χ0) is 22.8. The predicted molar refractivity (Wildman–Crippen MR) is 134 cm³/mol. The van der Waals surface area contributed by atoms with Crippen LogP contribution in [0.25, 0.3) is 5.69 Å². The number of nitrogens with one attached hydrogen (secondary N) is 1. The van der Waals surface area contributed by atoms with Crippen molar-refractivity contribution in [3.63, 3.8) is 0 Å². The Hall–Kier alpha value is -2.12. The van der Waals surface area contributed by atoms with Crippen molar-refractivity contribution in [2.75, 3.05) is 20.3 Å². The monoisotopic (exact) mass is 488 g/mol. The highest BCUT2D eigenvalue weighted by Crippen LogP contribution is 2.42. The molecule has 1 aliphatic rings. The molecule has 168 valence electrons. The summed E-state index contributed by atoms with van der Waals surface area (Å²) in [6, 6.07) is 13.8. The Morgan fingerprint density at radius 1 is 1.16 bits per heavy atom. The minimum Gasteiger partial charge on any atom is -0.385 e. The lowest BCUT2D eigenvalue weighted by atomic mass is 9.96. The predicted octanol–water partition coefficient (Wildman–Crippen LogP) is 5.80. The average molecular weight is 489 g/mol. The van der Waals surface area contributed by atoms with Gasteiger partial charge in [0.1, 0.15) is 0 Å². The van der Waals surface area contributed by atoms with Gasteiger partial charge in [-0.1, -0.05) is 35.3 Å². The number of nitrogens with zero attached hydrogens (tertiary/aromatic N) is 3. The molecule has 5 nitrogen and oxygen atoms in total. The highest BCUT2D eigenvalue weighted by atomic mass is 35.5. The van der Waals surface area contributed by atoms with Gasteiger partial charge in [-0.15, -0.1) is 0 Å². The maximum absolute atomic E-state index is 6.58. The number of aromatic nitrogens is 2. The number of halogens is 2. The van der Waals surface area contributed by atoms with E-state index in [1.54, 1.807) is 13.2 Å². The number of ether oxygens (including phenoxy) is 1. The van der Waals surface area contributed by atoms with Crippen molar-refractivity contribution < 1.29 is 4.74 Å². The second kappa shape index (κ2) is 9.79. The number of hydrogen-bond acceptors (Lipinski definition) is 3. The first-order chi connectivity index (χ1) is 15.4. The lowest BCUT2D eigenvalue weighted by Crippen LogP contribution is -2.31. The van der Waals surface area contributed by atoms with Crippen molar-refractivity contribution in [2.45, 2.75) is 32.4 Å². The second-order valence-electron chi connectivity index (χ2n) is 7.90. The summed E-state index contributed by atoms with van der Waals surface area (Å²) < 4.78 is 7.44. The molecular weight excluding hydrogens is 463 g/mol. The van der Waals surface area contributed by atoms with Crippen LogP contribution >= 0.6 is 35.4 Å². The van der Waals surface area contributed by atoms with Crippen LogP contribution in [0, 0.1) is 13.8 Å². The maximum Gasteiger partial charge on any atom is 0.170 e. The Labute approximate surface area is 204 Å². The summed E-state index contributed by atoms with van der Waals surface area (Å²) in [5.41, 5.74) is 5.19. The van der Waals surface area contributed by atoms with E-state index in [1.165, 1.54) is 5.56 Å². The molecule has 1 N–H and O–H groups in total. The van der Waals surface area contributed by atoms with Gasteiger partial charge in [-0.05, 0) is 68.4 Å². The van der Waals surface area contributed by atoms with Crippen molar-refractivity contribution >= 4 is 40.5 Å². The summed E-state index contributed by atoms with van der Waals surface area (Å²) in [6.45, 7) is 5.66. The Kier molecular flexibility index (Phi) is 7.05. The van der Waals surface area contributed by atoms with Gasteiger partial charge in [-0.2, -0.15) is 0 Å². The molecule has 1 aromatic carbocycles. The molecule has 0 bridgehead atoms. The van der Waals surface area contributed by atoms with Crippen molar-refractivity contribution in [1.82, 2.24) is 19.8 Å². The number of hydrogen-bond donors (Lipinski definition) is 1. The Morgan fingerprint density at radius 2 is 1.97 bits per heavy atom. The summed E-state index contributed by atoms with van der Waals surface area (Å²) in [5.74, 6) is 0. The number of rotatable bonds is 7. The largest absolute Gasteiger partial charge is 0.385 e. The van der Waals surface area contributed by atoms with Gasteiger partial charge in [0, 0.05) is 37.8 Å². The molecule has 0 radical (unpaired) electrons. The summed E-state index contributed by atoms with van der Waals surface area (Å²) in [7, 11) is 1.72. The lowest BCUT2D eigenvalue weighted by Gasteiger charge is -2.28. The van der Waals surface area contributed by atoms with Gasteiger partial charge < -0.3 is 19.5 Å². The van der Waals surface area contributed by atoms with E-state index in [9.17, 15) is 0 Å². The van der Waals surface area contributed by atoms with E-state index in [-0.39, 0.29) is 12.1 Å². The number of thiocarbonyl (C=S) groups is 1. The minimum absolute atomic E-state index is 0.00725. The van der Waals surface area contributed by atoms with Crippen molar-refractivity contribution in [2.24, 2.45) is 0 Å². The van der Waals surface area contributed by atoms with E-state index in [4.69, 9.17) is 40.2 Å². The molecule has 8 heteroatoms. The lowest BCUT2D eigenvalue weighted by molar-refractivity contribution is 0.180. The molecule has 2 aromatic heterocycles. The molecule has 3 heterocycles. The third-order valence-corrected chi connectivity index (χ3v) is 7.07. The number of pyridine rings is 1. The van der Waals surface area contributed by atoms with Gasteiger partial charge in [0.15, 0.2) is 5.11 Å². The fourth-order valence-corrected chi connectivity index (χ4v) is 5.20. The van der Waals surface area contributed by atoms with Gasteiger partial charge in [-0.3, -0.25) is 4.98 Å². The van der Waals surface area contributed by atoms with E-state index in [1.807, 2.05) is 36.5 Å². The molecule has 0 saturated carbocycles. The van der Waals surface area contributed by atoms with Crippen molar-refractivity contribution in [1.29, 1.82) is 0 Å². The summed E-state index contributed by atoms with van der Waals surface area (Å²) >= 11 is 18.7. The molecule has 1 aliphatic heterocycles. The van der Waals surface area contributed by atoms with Crippen LogP contribution in [-0.4, -0.2) is 39.8 Å². The molecular formula is C24H26Cl2N4OS. The molecule has 0 amide bonds. The zero-order valence-electron chi connectivity index (χ0n) is 18.3. The first kappa shape index (κ1) is 23.1. The maximum atomic E-state index is 6.58. The highest BCUT2D eigenvalue weighted by molar-refractivity contribution is 7.80.